The van der Waals surface area contributed by atoms with Gasteiger partial charge >= 0.3 is 0 Å². The average Bonchev–Trinajstić information content (AvgIpc) is 3.01. The number of aliphatic hydroxyl groups is 3. The molecule has 10 heteroatoms. The van der Waals surface area contributed by atoms with Crippen LogP contribution in [0.4, 0.5) is 5.82 Å². The van der Waals surface area contributed by atoms with E-state index in [1.54, 1.807) is 0 Å². The van der Waals surface area contributed by atoms with E-state index in [0.717, 1.165) is 6.26 Å². The van der Waals surface area contributed by atoms with Gasteiger partial charge < -0.3 is 30.5 Å². The zero-order valence-corrected chi connectivity index (χ0v) is 12.5. The van der Waals surface area contributed by atoms with Gasteiger partial charge in [-0.05, 0) is 6.92 Å². The SMILES string of the molecule is COC=C(O)[C@H]1O[C@@H](n2cnc3c(N)ncnc32)[C@](C)(O)[C@@H]1O. The number of fused-ring (bicyclic) bond motifs is 1. The Kier molecular flexibility index (Phi) is 3.59. The Morgan fingerprint density at radius 1 is 1.48 bits per heavy atom. The van der Waals surface area contributed by atoms with E-state index in [1.165, 1.54) is 31.3 Å². The van der Waals surface area contributed by atoms with Crippen LogP contribution in [-0.4, -0.2) is 59.8 Å². The van der Waals surface area contributed by atoms with Gasteiger partial charge in [0.2, 0.25) is 0 Å². The molecule has 1 saturated heterocycles. The Morgan fingerprint density at radius 3 is 2.91 bits per heavy atom. The first-order valence-corrected chi connectivity index (χ1v) is 6.78. The molecule has 3 heterocycles. The number of nitrogens with zero attached hydrogens (tertiary/aromatic N) is 4. The molecule has 124 valence electrons. The van der Waals surface area contributed by atoms with Gasteiger partial charge in [0.15, 0.2) is 23.5 Å². The van der Waals surface area contributed by atoms with E-state index in [9.17, 15) is 15.3 Å². The monoisotopic (exact) mass is 323 g/mol. The number of nitrogens with two attached hydrogens (primary N) is 1. The molecule has 23 heavy (non-hydrogen) atoms. The molecule has 1 aliphatic rings. The molecule has 2 aromatic rings. The number of rotatable bonds is 3. The van der Waals surface area contributed by atoms with E-state index in [1.807, 2.05) is 0 Å². The lowest BCUT2D eigenvalue weighted by Crippen LogP contribution is -2.43. The first kappa shape index (κ1) is 15.5. The van der Waals surface area contributed by atoms with Crippen LogP contribution < -0.4 is 5.73 Å². The maximum atomic E-state index is 10.6. The van der Waals surface area contributed by atoms with E-state index in [4.69, 9.17) is 15.2 Å². The highest BCUT2D eigenvalue weighted by Gasteiger charge is 2.55. The molecule has 0 bridgehead atoms. The van der Waals surface area contributed by atoms with Crippen molar-refractivity contribution < 1.29 is 24.8 Å². The smallest absolute Gasteiger partial charge is 0.168 e. The highest BCUT2D eigenvalue weighted by atomic mass is 16.6. The maximum Gasteiger partial charge on any atom is 0.168 e. The molecule has 0 amide bonds. The lowest BCUT2D eigenvalue weighted by atomic mass is 9.96. The van der Waals surface area contributed by atoms with E-state index < -0.39 is 24.0 Å². The predicted molar refractivity (Wildman–Crippen MR) is 78.0 cm³/mol. The van der Waals surface area contributed by atoms with Gasteiger partial charge in [0.25, 0.3) is 0 Å². The highest BCUT2D eigenvalue weighted by molar-refractivity contribution is 5.81. The maximum absolute atomic E-state index is 10.6. The van der Waals surface area contributed by atoms with Gasteiger partial charge in [-0.25, -0.2) is 15.0 Å². The van der Waals surface area contributed by atoms with E-state index in [0.29, 0.717) is 11.2 Å². The zero-order chi connectivity index (χ0) is 16.8. The Balaban J connectivity index is 2.05. The van der Waals surface area contributed by atoms with E-state index >= 15 is 0 Å². The van der Waals surface area contributed by atoms with Crippen LogP contribution in [0.25, 0.3) is 11.2 Å². The number of hydrogen-bond donors (Lipinski definition) is 4. The van der Waals surface area contributed by atoms with E-state index in [2.05, 4.69) is 15.0 Å². The molecule has 0 aliphatic carbocycles. The molecule has 1 aliphatic heterocycles. The van der Waals surface area contributed by atoms with Gasteiger partial charge in [0.05, 0.1) is 13.4 Å². The van der Waals surface area contributed by atoms with Crippen molar-refractivity contribution in [2.45, 2.75) is 31.0 Å². The fourth-order valence-electron chi connectivity index (χ4n) is 2.61. The van der Waals surface area contributed by atoms with Crippen LogP contribution in [0.5, 0.6) is 0 Å². The summed E-state index contributed by atoms with van der Waals surface area (Å²) in [4.78, 5) is 12.0. The lowest BCUT2D eigenvalue weighted by molar-refractivity contribution is -0.0938. The van der Waals surface area contributed by atoms with Crippen LogP contribution in [0.15, 0.2) is 24.7 Å². The standard InChI is InChI=1S/C13H17N5O5/c1-13(21)9(20)8(6(19)3-22-2)23-12(13)18-5-17-7-10(14)15-4-16-11(7)18/h3-5,8-9,12,19-21H,1-2H3,(H2,14,15,16)/t8-,9-,12-,13-/m1/s1. The van der Waals surface area contributed by atoms with Crippen LogP contribution in [0.1, 0.15) is 13.2 Å². The van der Waals surface area contributed by atoms with Crippen molar-refractivity contribution in [1.29, 1.82) is 0 Å². The number of imidazole rings is 1. The third-order valence-electron chi connectivity index (χ3n) is 3.83. The molecule has 0 unspecified atom stereocenters. The second-order valence-electron chi connectivity index (χ2n) is 5.44. The third kappa shape index (κ3) is 2.27. The molecule has 4 atom stereocenters. The van der Waals surface area contributed by atoms with Crippen LogP contribution in [-0.2, 0) is 9.47 Å². The van der Waals surface area contributed by atoms with E-state index in [-0.39, 0.29) is 11.6 Å². The fraction of sp³-hybridized carbons (Fsp3) is 0.462. The molecule has 0 radical (unpaired) electrons. The van der Waals surface area contributed by atoms with Gasteiger partial charge in [-0.2, -0.15) is 0 Å². The third-order valence-corrected chi connectivity index (χ3v) is 3.83. The second-order valence-corrected chi connectivity index (χ2v) is 5.44. The van der Waals surface area contributed by atoms with Gasteiger partial charge in [-0.1, -0.05) is 0 Å². The molecular weight excluding hydrogens is 306 g/mol. The summed E-state index contributed by atoms with van der Waals surface area (Å²) in [5.41, 5.74) is 4.71. The minimum atomic E-state index is -1.71. The van der Waals surface area contributed by atoms with Gasteiger partial charge in [0.1, 0.15) is 35.9 Å². The van der Waals surface area contributed by atoms with Crippen molar-refractivity contribution in [3.05, 3.63) is 24.7 Å². The second kappa shape index (κ2) is 5.33. The number of aromatic nitrogens is 4. The molecule has 1 fully saturated rings. The molecule has 0 aromatic carbocycles. The van der Waals surface area contributed by atoms with Gasteiger partial charge in [-0.15, -0.1) is 0 Å². The molecule has 0 spiro atoms. The lowest BCUT2D eigenvalue weighted by Gasteiger charge is -2.27. The van der Waals surface area contributed by atoms with Crippen molar-refractivity contribution in [2.24, 2.45) is 0 Å². The topological polar surface area (TPSA) is 149 Å². The van der Waals surface area contributed by atoms with Crippen LogP contribution in [0.3, 0.4) is 0 Å². The van der Waals surface area contributed by atoms with Crippen LogP contribution in [0.2, 0.25) is 0 Å². The van der Waals surface area contributed by atoms with Crippen LogP contribution in [0, 0.1) is 0 Å². The van der Waals surface area contributed by atoms with Crippen molar-refractivity contribution in [3.8, 4) is 0 Å². The molecule has 5 N–H and O–H groups in total. The largest absolute Gasteiger partial charge is 0.506 e. The number of anilines is 1. The first-order chi connectivity index (χ1) is 10.9. The Bertz CT molecular complexity index is 758. The number of methoxy groups -OCH3 is 1. The summed E-state index contributed by atoms with van der Waals surface area (Å²) in [5.74, 6) is -0.160. The zero-order valence-electron chi connectivity index (χ0n) is 12.5. The summed E-state index contributed by atoms with van der Waals surface area (Å²) >= 11 is 0. The predicted octanol–water partition coefficient (Wildman–Crippen LogP) is -0.536. The number of ether oxygens (including phenoxy) is 2. The molecule has 2 aromatic heterocycles. The van der Waals surface area contributed by atoms with Gasteiger partial charge in [-0.3, -0.25) is 4.57 Å². The van der Waals surface area contributed by atoms with Crippen molar-refractivity contribution >= 4 is 17.0 Å². The minimum Gasteiger partial charge on any atom is -0.506 e. The molecule has 0 saturated carbocycles. The summed E-state index contributed by atoms with van der Waals surface area (Å²) in [7, 11) is 1.34. The Labute approximate surface area is 130 Å². The van der Waals surface area contributed by atoms with Crippen LogP contribution >= 0.6 is 0 Å². The quantitative estimate of drug-likeness (QED) is 0.546. The van der Waals surface area contributed by atoms with Crippen molar-refractivity contribution in [3.63, 3.8) is 0 Å². The fourth-order valence-corrected chi connectivity index (χ4v) is 2.61. The highest BCUT2D eigenvalue weighted by Crippen LogP contribution is 2.41. The average molecular weight is 323 g/mol. The van der Waals surface area contributed by atoms with Crippen molar-refractivity contribution in [1.82, 2.24) is 19.5 Å². The molecule has 10 nitrogen and oxygen atoms in total. The number of nitrogen functional groups attached to an aromatic ring is 1. The summed E-state index contributed by atoms with van der Waals surface area (Å²) in [5, 5.41) is 30.8. The van der Waals surface area contributed by atoms with Gasteiger partial charge in [0, 0.05) is 0 Å². The molecular formula is C13H17N5O5. The number of aliphatic hydroxyl groups excluding tert-OH is 2. The summed E-state index contributed by atoms with van der Waals surface area (Å²) in [6.45, 7) is 1.39. The minimum absolute atomic E-state index is 0.186. The summed E-state index contributed by atoms with van der Waals surface area (Å²) < 4.78 is 11.7. The first-order valence-electron chi connectivity index (χ1n) is 6.78. The normalized spacial score (nSPS) is 31.7. The summed E-state index contributed by atoms with van der Waals surface area (Å²) in [6.07, 6.45) is 0.0613. The number of hydrogen-bond acceptors (Lipinski definition) is 9. The Morgan fingerprint density at radius 2 is 2.22 bits per heavy atom. The summed E-state index contributed by atoms with van der Waals surface area (Å²) in [6, 6.07) is 0. The Hall–Kier alpha value is -2.43. The molecule has 3 rings (SSSR count). The van der Waals surface area contributed by atoms with Crippen molar-refractivity contribution in [2.75, 3.05) is 12.8 Å².